The Morgan fingerprint density at radius 1 is 1.26 bits per heavy atom. The summed E-state index contributed by atoms with van der Waals surface area (Å²) in [6.07, 6.45) is 3.49. The van der Waals surface area contributed by atoms with Crippen LogP contribution in [0.25, 0.3) is 11.1 Å². The highest BCUT2D eigenvalue weighted by atomic mass is 35.5. The van der Waals surface area contributed by atoms with E-state index in [4.69, 9.17) is 16.3 Å². The molecule has 2 aromatic heterocycles. The Kier molecular flexibility index (Phi) is 4.36. The van der Waals surface area contributed by atoms with Gasteiger partial charge in [-0.05, 0) is 43.7 Å². The number of hydrogen-bond acceptors (Lipinski definition) is 4. The molecule has 0 fully saturated rings. The number of anilines is 1. The van der Waals surface area contributed by atoms with Gasteiger partial charge in [0, 0.05) is 35.1 Å². The van der Waals surface area contributed by atoms with Crippen LogP contribution in [0.3, 0.4) is 0 Å². The van der Waals surface area contributed by atoms with Gasteiger partial charge in [-0.15, -0.1) is 0 Å². The van der Waals surface area contributed by atoms with Gasteiger partial charge in [0.05, 0.1) is 25.0 Å². The molecular formula is C20H19ClN4O2. The fourth-order valence-electron chi connectivity index (χ4n) is 3.47. The Bertz CT molecular complexity index is 1030. The van der Waals surface area contributed by atoms with Crippen molar-refractivity contribution in [3.63, 3.8) is 0 Å². The molecule has 0 saturated heterocycles. The number of carbonyl (C=O) groups excluding carboxylic acids is 1. The predicted octanol–water partition coefficient (Wildman–Crippen LogP) is 4.14. The number of hydrogen-bond donors (Lipinski definition) is 0. The van der Waals surface area contributed by atoms with E-state index < -0.39 is 0 Å². The monoisotopic (exact) mass is 382 g/mol. The number of rotatable bonds is 3. The lowest BCUT2D eigenvalue weighted by Gasteiger charge is -2.33. The molecule has 0 radical (unpaired) electrons. The molecule has 138 valence electrons. The standard InChI is InChI=1S/C20H19ClN4O2/c1-12-8-14(6-7-22-12)16-10-23-25-13(2)11-24(20(26)19(16)25)17-5-4-15(21)9-18(17)27-3/h4-10,13H,11H2,1-3H3/t13-/m0/s1. The molecule has 7 heteroatoms. The number of pyridine rings is 1. The Labute approximate surface area is 162 Å². The first-order chi connectivity index (χ1) is 13.0. The van der Waals surface area contributed by atoms with E-state index in [9.17, 15) is 4.79 Å². The third-order valence-electron chi connectivity index (χ3n) is 4.75. The molecule has 4 rings (SSSR count). The number of benzene rings is 1. The average Bonchev–Trinajstić information content (AvgIpc) is 3.11. The minimum Gasteiger partial charge on any atom is -0.495 e. The van der Waals surface area contributed by atoms with Gasteiger partial charge >= 0.3 is 0 Å². The average molecular weight is 383 g/mol. The molecule has 1 amide bonds. The molecule has 27 heavy (non-hydrogen) atoms. The molecule has 0 N–H and O–H groups in total. The molecule has 1 atom stereocenters. The normalized spacial score (nSPS) is 16.4. The van der Waals surface area contributed by atoms with Crippen molar-refractivity contribution < 1.29 is 9.53 Å². The van der Waals surface area contributed by atoms with Gasteiger partial charge in [-0.2, -0.15) is 5.10 Å². The number of nitrogens with zero attached hydrogens (tertiary/aromatic N) is 4. The van der Waals surface area contributed by atoms with Crippen LogP contribution in [-0.2, 0) is 0 Å². The smallest absolute Gasteiger partial charge is 0.277 e. The lowest BCUT2D eigenvalue weighted by molar-refractivity contribution is 0.0953. The van der Waals surface area contributed by atoms with Crippen LogP contribution in [0.4, 0.5) is 5.69 Å². The van der Waals surface area contributed by atoms with E-state index in [-0.39, 0.29) is 11.9 Å². The van der Waals surface area contributed by atoms with Crippen LogP contribution in [0.5, 0.6) is 5.75 Å². The van der Waals surface area contributed by atoms with Gasteiger partial charge in [0.2, 0.25) is 0 Å². The molecule has 1 aliphatic heterocycles. The second-order valence-corrected chi connectivity index (χ2v) is 7.05. The molecule has 3 aromatic rings. The van der Waals surface area contributed by atoms with Crippen LogP contribution in [0.1, 0.15) is 29.1 Å². The highest BCUT2D eigenvalue weighted by molar-refractivity contribution is 6.30. The Morgan fingerprint density at radius 2 is 2.07 bits per heavy atom. The highest BCUT2D eigenvalue weighted by Crippen LogP contribution is 2.37. The largest absolute Gasteiger partial charge is 0.495 e. The number of halogens is 1. The highest BCUT2D eigenvalue weighted by Gasteiger charge is 2.34. The second kappa shape index (κ2) is 6.70. The number of fused-ring (bicyclic) bond motifs is 1. The molecule has 0 spiro atoms. The van der Waals surface area contributed by atoms with Crippen molar-refractivity contribution in [1.82, 2.24) is 14.8 Å². The number of carbonyl (C=O) groups is 1. The van der Waals surface area contributed by atoms with Crippen LogP contribution < -0.4 is 9.64 Å². The zero-order valence-electron chi connectivity index (χ0n) is 15.3. The van der Waals surface area contributed by atoms with Crippen molar-refractivity contribution in [2.45, 2.75) is 19.9 Å². The summed E-state index contributed by atoms with van der Waals surface area (Å²) in [7, 11) is 1.57. The SMILES string of the molecule is COc1cc(Cl)ccc1N1C[C@H](C)n2ncc(-c3ccnc(C)c3)c2C1=O. The summed E-state index contributed by atoms with van der Waals surface area (Å²) in [6.45, 7) is 4.47. The molecule has 0 aliphatic carbocycles. The van der Waals surface area contributed by atoms with Gasteiger partial charge in [0.25, 0.3) is 5.91 Å². The first-order valence-electron chi connectivity index (χ1n) is 8.65. The molecule has 1 aliphatic rings. The maximum absolute atomic E-state index is 13.4. The zero-order valence-corrected chi connectivity index (χ0v) is 16.1. The topological polar surface area (TPSA) is 60.2 Å². The first kappa shape index (κ1) is 17.5. The summed E-state index contributed by atoms with van der Waals surface area (Å²) in [5.41, 5.74) is 3.88. The molecule has 0 saturated carbocycles. The van der Waals surface area contributed by atoms with E-state index in [1.54, 1.807) is 41.2 Å². The van der Waals surface area contributed by atoms with Crippen molar-refractivity contribution in [3.8, 4) is 16.9 Å². The predicted molar refractivity (Wildman–Crippen MR) is 105 cm³/mol. The van der Waals surface area contributed by atoms with Gasteiger partial charge < -0.3 is 9.64 Å². The van der Waals surface area contributed by atoms with E-state index in [1.807, 2.05) is 32.0 Å². The number of aromatic nitrogens is 3. The fraction of sp³-hybridized carbons (Fsp3) is 0.250. The van der Waals surface area contributed by atoms with E-state index in [1.165, 1.54) is 0 Å². The van der Waals surface area contributed by atoms with E-state index >= 15 is 0 Å². The molecule has 3 heterocycles. The van der Waals surface area contributed by atoms with Crippen molar-refractivity contribution in [1.29, 1.82) is 0 Å². The fourth-order valence-corrected chi connectivity index (χ4v) is 3.63. The molecule has 1 aromatic carbocycles. The lowest BCUT2D eigenvalue weighted by Crippen LogP contribution is -2.43. The second-order valence-electron chi connectivity index (χ2n) is 6.62. The van der Waals surface area contributed by atoms with Gasteiger partial charge in [0.15, 0.2) is 0 Å². The van der Waals surface area contributed by atoms with Crippen molar-refractivity contribution >= 4 is 23.2 Å². The van der Waals surface area contributed by atoms with Crippen LogP contribution >= 0.6 is 11.6 Å². The van der Waals surface area contributed by atoms with Gasteiger partial charge in [-0.3, -0.25) is 14.5 Å². The van der Waals surface area contributed by atoms with Crippen LogP contribution in [0, 0.1) is 6.92 Å². The third kappa shape index (κ3) is 2.96. The first-order valence-corrected chi connectivity index (χ1v) is 9.03. The van der Waals surface area contributed by atoms with Crippen molar-refractivity contribution in [3.05, 3.63) is 59.1 Å². The third-order valence-corrected chi connectivity index (χ3v) is 4.98. The summed E-state index contributed by atoms with van der Waals surface area (Å²) < 4.78 is 7.25. The number of methoxy groups -OCH3 is 1. The minimum absolute atomic E-state index is 0.0229. The minimum atomic E-state index is -0.115. The van der Waals surface area contributed by atoms with Gasteiger partial charge in [-0.1, -0.05) is 11.6 Å². The lowest BCUT2D eigenvalue weighted by atomic mass is 10.0. The summed E-state index contributed by atoms with van der Waals surface area (Å²) in [5.74, 6) is 0.452. The van der Waals surface area contributed by atoms with Crippen molar-refractivity contribution in [2.75, 3.05) is 18.6 Å². The molecule has 6 nitrogen and oxygen atoms in total. The zero-order chi connectivity index (χ0) is 19.1. The Morgan fingerprint density at radius 3 is 2.81 bits per heavy atom. The molecule has 0 bridgehead atoms. The number of aryl methyl sites for hydroxylation is 1. The Hall–Kier alpha value is -2.86. The molecule has 0 unspecified atom stereocenters. The molecular weight excluding hydrogens is 364 g/mol. The van der Waals surface area contributed by atoms with E-state index in [0.29, 0.717) is 28.7 Å². The quantitative estimate of drug-likeness (QED) is 0.683. The summed E-state index contributed by atoms with van der Waals surface area (Å²) in [4.78, 5) is 19.4. The van der Waals surface area contributed by atoms with E-state index in [0.717, 1.165) is 16.8 Å². The summed E-state index contributed by atoms with van der Waals surface area (Å²) >= 11 is 6.08. The van der Waals surface area contributed by atoms with Crippen LogP contribution in [-0.4, -0.2) is 34.3 Å². The summed E-state index contributed by atoms with van der Waals surface area (Å²) in [5, 5.41) is 5.04. The summed E-state index contributed by atoms with van der Waals surface area (Å²) in [6, 6.07) is 9.16. The van der Waals surface area contributed by atoms with Crippen molar-refractivity contribution in [2.24, 2.45) is 0 Å². The maximum Gasteiger partial charge on any atom is 0.277 e. The van der Waals surface area contributed by atoms with Crippen LogP contribution in [0.15, 0.2) is 42.7 Å². The Balaban J connectivity index is 1.83. The van der Waals surface area contributed by atoms with Crippen LogP contribution in [0.2, 0.25) is 5.02 Å². The maximum atomic E-state index is 13.4. The number of amides is 1. The number of ether oxygens (including phenoxy) is 1. The van der Waals surface area contributed by atoms with E-state index in [2.05, 4.69) is 10.1 Å². The van der Waals surface area contributed by atoms with Gasteiger partial charge in [-0.25, -0.2) is 0 Å². The van der Waals surface area contributed by atoms with Gasteiger partial charge in [0.1, 0.15) is 11.4 Å².